The predicted octanol–water partition coefficient (Wildman–Crippen LogP) is 2.14. The smallest absolute Gasteiger partial charge is 0.211 e. The van der Waals surface area contributed by atoms with Gasteiger partial charge in [-0.25, -0.2) is 17.9 Å². The van der Waals surface area contributed by atoms with Gasteiger partial charge in [-0.3, -0.25) is 0 Å². The van der Waals surface area contributed by atoms with Crippen LogP contribution in [-0.4, -0.2) is 13.7 Å². The van der Waals surface area contributed by atoms with E-state index in [0.29, 0.717) is 12.8 Å². The van der Waals surface area contributed by atoms with Gasteiger partial charge in [-0.05, 0) is 42.9 Å². The molecule has 2 rings (SSSR count). The molecule has 0 spiro atoms. The minimum Gasteiger partial charge on any atom is -0.228 e. The Morgan fingerprint density at radius 2 is 1.82 bits per heavy atom. The van der Waals surface area contributed by atoms with Crippen LogP contribution >= 0.6 is 0 Å². The molecule has 0 aromatic heterocycles. The van der Waals surface area contributed by atoms with Crippen LogP contribution in [0.15, 0.2) is 24.3 Å². The number of rotatable bonds is 2. The lowest BCUT2D eigenvalue weighted by Crippen LogP contribution is -2.32. The molecule has 1 aliphatic carbocycles. The Hall–Kier alpha value is -0.940. The van der Waals surface area contributed by atoms with Gasteiger partial charge in [0.25, 0.3) is 0 Å². The lowest BCUT2D eigenvalue weighted by Gasteiger charge is -2.27. The van der Waals surface area contributed by atoms with E-state index in [0.717, 1.165) is 18.4 Å². The molecule has 1 fully saturated rings. The van der Waals surface area contributed by atoms with Crippen LogP contribution in [0.25, 0.3) is 0 Å². The van der Waals surface area contributed by atoms with Gasteiger partial charge in [-0.1, -0.05) is 18.6 Å². The summed E-state index contributed by atoms with van der Waals surface area (Å²) in [5, 5.41) is 4.73. The third-order valence-electron chi connectivity index (χ3n) is 3.43. The second kappa shape index (κ2) is 4.74. The van der Waals surface area contributed by atoms with E-state index in [1.807, 2.05) is 0 Å². The van der Waals surface area contributed by atoms with Crippen LogP contribution in [0.1, 0.15) is 37.2 Å². The molecule has 3 nitrogen and oxygen atoms in total. The Morgan fingerprint density at radius 1 is 1.18 bits per heavy atom. The van der Waals surface area contributed by atoms with Crippen LogP contribution in [-0.2, 0) is 10.0 Å². The molecule has 94 valence electrons. The molecule has 0 amide bonds. The summed E-state index contributed by atoms with van der Waals surface area (Å²) < 4.78 is 35.5. The Kier molecular flexibility index (Phi) is 3.49. The first-order valence-electron chi connectivity index (χ1n) is 5.74. The number of nitrogens with two attached hydrogens (primary N) is 1. The fourth-order valence-corrected chi connectivity index (χ4v) is 3.48. The van der Waals surface area contributed by atoms with Gasteiger partial charge in [-0.15, -0.1) is 0 Å². The Morgan fingerprint density at radius 3 is 2.41 bits per heavy atom. The normalized spacial score (nSPS) is 25.8. The van der Waals surface area contributed by atoms with Crippen molar-refractivity contribution in [3.05, 3.63) is 35.6 Å². The van der Waals surface area contributed by atoms with Crippen molar-refractivity contribution in [1.29, 1.82) is 0 Å². The van der Waals surface area contributed by atoms with E-state index in [1.165, 1.54) is 12.1 Å². The number of halogens is 1. The zero-order valence-electron chi connectivity index (χ0n) is 9.47. The van der Waals surface area contributed by atoms with Crippen molar-refractivity contribution < 1.29 is 12.8 Å². The first-order valence-corrected chi connectivity index (χ1v) is 7.35. The lowest BCUT2D eigenvalue weighted by atomic mass is 9.84. The van der Waals surface area contributed by atoms with Crippen molar-refractivity contribution >= 4 is 10.0 Å². The van der Waals surface area contributed by atoms with Crippen molar-refractivity contribution in [2.24, 2.45) is 5.14 Å². The summed E-state index contributed by atoms with van der Waals surface area (Å²) in [6, 6.07) is 6.28. The number of hydrogen-bond acceptors (Lipinski definition) is 2. The van der Waals surface area contributed by atoms with Gasteiger partial charge < -0.3 is 0 Å². The summed E-state index contributed by atoms with van der Waals surface area (Å²) in [6.45, 7) is 0. The average Bonchev–Trinajstić information content (AvgIpc) is 2.29. The van der Waals surface area contributed by atoms with E-state index in [1.54, 1.807) is 12.1 Å². The first-order chi connectivity index (χ1) is 7.97. The molecule has 1 saturated carbocycles. The van der Waals surface area contributed by atoms with Crippen LogP contribution in [0.5, 0.6) is 0 Å². The van der Waals surface area contributed by atoms with E-state index < -0.39 is 15.3 Å². The molecule has 17 heavy (non-hydrogen) atoms. The summed E-state index contributed by atoms with van der Waals surface area (Å²) in [7, 11) is -3.45. The summed E-state index contributed by atoms with van der Waals surface area (Å²) in [5.74, 6) is -0.0970. The van der Waals surface area contributed by atoms with E-state index in [-0.39, 0.29) is 11.7 Å². The number of primary sulfonamides is 1. The summed E-state index contributed by atoms with van der Waals surface area (Å²) in [6.07, 6.45) is 2.97. The highest BCUT2D eigenvalue weighted by atomic mass is 32.2. The van der Waals surface area contributed by atoms with Crippen molar-refractivity contribution in [3.63, 3.8) is 0 Å². The maximum Gasteiger partial charge on any atom is 0.211 e. The maximum absolute atomic E-state index is 12.8. The molecule has 1 aliphatic rings. The molecule has 5 heteroatoms. The summed E-state index contributed by atoms with van der Waals surface area (Å²) >= 11 is 0. The molecule has 1 aromatic carbocycles. The maximum atomic E-state index is 12.8. The molecule has 1 aromatic rings. The second-order valence-electron chi connectivity index (χ2n) is 4.63. The van der Waals surface area contributed by atoms with Gasteiger partial charge in [0.05, 0.1) is 5.25 Å². The standard InChI is InChI=1S/C12H16FNO2S/c13-11-6-4-9(5-7-11)10-2-1-3-12(8-10)17(14,15)16/h4-7,10,12H,1-3,8H2,(H2,14,15,16)/t10-,12-/m1/s1. The van der Waals surface area contributed by atoms with Gasteiger partial charge in [0, 0.05) is 0 Å². The second-order valence-corrected chi connectivity index (χ2v) is 6.47. The third kappa shape index (κ3) is 3.04. The van der Waals surface area contributed by atoms with E-state index >= 15 is 0 Å². The van der Waals surface area contributed by atoms with Crippen molar-refractivity contribution in [3.8, 4) is 0 Å². The molecule has 0 aliphatic heterocycles. The van der Waals surface area contributed by atoms with Crippen molar-refractivity contribution in [2.45, 2.75) is 36.9 Å². The molecule has 2 N–H and O–H groups in total. The highest BCUT2D eigenvalue weighted by Crippen LogP contribution is 2.35. The Bertz CT molecular complexity index is 484. The van der Waals surface area contributed by atoms with Crippen LogP contribution in [0, 0.1) is 5.82 Å². The first kappa shape index (κ1) is 12.5. The fraction of sp³-hybridized carbons (Fsp3) is 0.500. The summed E-state index contributed by atoms with van der Waals surface area (Å²) in [5.41, 5.74) is 1.000. The topological polar surface area (TPSA) is 60.2 Å². The predicted molar refractivity (Wildman–Crippen MR) is 64.5 cm³/mol. The van der Waals surface area contributed by atoms with Gasteiger partial charge in [-0.2, -0.15) is 0 Å². The van der Waals surface area contributed by atoms with Crippen molar-refractivity contribution in [2.75, 3.05) is 0 Å². The van der Waals surface area contributed by atoms with Crippen molar-refractivity contribution in [1.82, 2.24) is 0 Å². The van der Waals surface area contributed by atoms with E-state index in [2.05, 4.69) is 0 Å². The fourth-order valence-electron chi connectivity index (χ4n) is 2.48. The third-order valence-corrected chi connectivity index (χ3v) is 4.79. The number of benzene rings is 1. The molecule has 0 saturated heterocycles. The van der Waals surface area contributed by atoms with E-state index in [9.17, 15) is 12.8 Å². The molecule has 0 bridgehead atoms. The number of hydrogen-bond donors (Lipinski definition) is 1. The molecule has 0 unspecified atom stereocenters. The summed E-state index contributed by atoms with van der Waals surface area (Å²) in [4.78, 5) is 0. The Labute approximate surface area is 101 Å². The minimum atomic E-state index is -3.45. The van der Waals surface area contributed by atoms with Crippen LogP contribution in [0.4, 0.5) is 4.39 Å². The van der Waals surface area contributed by atoms with Gasteiger partial charge in [0.2, 0.25) is 10.0 Å². The zero-order chi connectivity index (χ0) is 12.5. The van der Waals surface area contributed by atoms with E-state index in [4.69, 9.17) is 5.14 Å². The largest absolute Gasteiger partial charge is 0.228 e. The molecular weight excluding hydrogens is 241 g/mol. The molecular formula is C12H16FNO2S. The van der Waals surface area contributed by atoms with Crippen LogP contribution in [0.3, 0.4) is 0 Å². The number of sulfonamides is 1. The monoisotopic (exact) mass is 257 g/mol. The average molecular weight is 257 g/mol. The minimum absolute atomic E-state index is 0.174. The lowest BCUT2D eigenvalue weighted by molar-refractivity contribution is 0.434. The van der Waals surface area contributed by atoms with Gasteiger partial charge in [0.1, 0.15) is 5.82 Å². The van der Waals surface area contributed by atoms with Gasteiger partial charge >= 0.3 is 0 Å². The highest BCUT2D eigenvalue weighted by molar-refractivity contribution is 7.89. The molecule has 2 atom stereocenters. The SMILES string of the molecule is NS(=O)(=O)[C@@H]1CCC[C@@H](c2ccc(F)cc2)C1. The van der Waals surface area contributed by atoms with Gasteiger partial charge in [0.15, 0.2) is 0 Å². The quantitative estimate of drug-likeness (QED) is 0.882. The zero-order valence-corrected chi connectivity index (χ0v) is 10.3. The van der Waals surface area contributed by atoms with Crippen LogP contribution in [0.2, 0.25) is 0 Å². The highest BCUT2D eigenvalue weighted by Gasteiger charge is 2.29. The molecule has 0 radical (unpaired) electrons. The van der Waals surface area contributed by atoms with Crippen LogP contribution < -0.4 is 5.14 Å². The Balaban J connectivity index is 2.15. The molecule has 0 heterocycles.